The van der Waals surface area contributed by atoms with Crippen LogP contribution in [0.5, 0.6) is 0 Å². The molecule has 43 heavy (non-hydrogen) atoms. The zero-order valence-electron chi connectivity index (χ0n) is 44.2. The van der Waals surface area contributed by atoms with E-state index in [9.17, 15) is 8.22 Å². The molecule has 0 atom stereocenters. The van der Waals surface area contributed by atoms with E-state index in [0.29, 0.717) is 11.1 Å². The van der Waals surface area contributed by atoms with Gasteiger partial charge in [0.05, 0.1) is 28.8 Å². The van der Waals surface area contributed by atoms with Crippen molar-refractivity contribution in [1.29, 1.82) is 0 Å². The highest BCUT2D eigenvalue weighted by molar-refractivity contribution is 6.22. The molecule has 0 saturated carbocycles. The van der Waals surface area contributed by atoms with Crippen LogP contribution in [0.3, 0.4) is 0 Å². The summed E-state index contributed by atoms with van der Waals surface area (Å²) >= 11 is 0. The Morgan fingerprint density at radius 3 is 1.56 bits per heavy atom. The van der Waals surface area contributed by atoms with Crippen LogP contribution in [0.4, 0.5) is 0 Å². The van der Waals surface area contributed by atoms with Crippen molar-refractivity contribution in [3.63, 3.8) is 0 Å². The zero-order chi connectivity index (χ0) is 47.4. The fourth-order valence-corrected chi connectivity index (χ4v) is 5.76. The van der Waals surface area contributed by atoms with Gasteiger partial charge in [0.25, 0.3) is 0 Å². The normalized spacial score (nSPS) is 18.4. The van der Waals surface area contributed by atoms with E-state index < -0.39 is 143 Å². The molecule has 0 aliphatic heterocycles. The Hall–Kier alpha value is -5.20. The van der Waals surface area contributed by atoms with Crippen LogP contribution in [0.15, 0.2) is 139 Å². The van der Waals surface area contributed by atoms with Crippen molar-refractivity contribution in [3.05, 3.63) is 156 Å². The summed E-state index contributed by atoms with van der Waals surface area (Å²) in [5.74, 6) is 0. The monoisotopic (exact) mass is 569 g/mol. The molecule has 0 saturated heterocycles. The van der Waals surface area contributed by atoms with Crippen molar-refractivity contribution in [2.45, 2.75) is 20.8 Å². The second-order valence-corrected chi connectivity index (χ2v) is 10.2. The molecule has 8 aromatic carbocycles. The average molecular weight is 570 g/mol. The second kappa shape index (κ2) is 9.96. The standard InChI is InChI=1S/C43H32/c1-27-19-20-32-26-33(22-21-31(32)23-27)42-37-14-6-8-16-39(37)43(40-17-9-7-15-38(40)42)34-24-28(2)41(29(3)25-34)36-18-10-12-30-11-4-5-13-35(30)36/h4-26H,1-3H3/i4D,5D,6D,7D,8D,9D,10D,11D,12D,13D,14D,15D,16D,17D,18D,19D,20D,21D,22D,23D,26D. The molecule has 0 aliphatic carbocycles. The van der Waals surface area contributed by atoms with Crippen LogP contribution in [0.25, 0.3) is 76.5 Å². The first-order valence-electron chi connectivity index (χ1n) is 23.9. The molecule has 0 bridgehead atoms. The summed E-state index contributed by atoms with van der Waals surface area (Å²) in [6.45, 7) is 4.55. The molecule has 0 fully saturated rings. The topological polar surface area (TPSA) is 0 Å². The Bertz CT molecular complexity index is 3420. The lowest BCUT2D eigenvalue weighted by Crippen LogP contribution is -1.94. The molecular formula is C43H32. The van der Waals surface area contributed by atoms with E-state index in [1.54, 1.807) is 13.8 Å². The summed E-state index contributed by atoms with van der Waals surface area (Å²) < 4.78 is 187. The molecule has 0 spiro atoms. The van der Waals surface area contributed by atoms with Gasteiger partial charge in [0.1, 0.15) is 0 Å². The molecular weight excluding hydrogens is 516 g/mol. The number of rotatable bonds is 3. The predicted octanol–water partition coefficient (Wildman–Crippen LogP) is 12.2. The lowest BCUT2D eigenvalue weighted by Gasteiger charge is -2.20. The van der Waals surface area contributed by atoms with Gasteiger partial charge in [-0.25, -0.2) is 0 Å². The van der Waals surface area contributed by atoms with Gasteiger partial charge in [0.15, 0.2) is 0 Å². The highest BCUT2D eigenvalue weighted by atomic mass is 14.2. The van der Waals surface area contributed by atoms with Crippen molar-refractivity contribution in [3.8, 4) is 33.4 Å². The first kappa shape index (κ1) is 11.8. The molecule has 0 aromatic heterocycles. The Kier molecular flexibility index (Phi) is 2.74. The van der Waals surface area contributed by atoms with E-state index >= 15 is 0 Å². The zero-order valence-corrected chi connectivity index (χ0v) is 23.2. The first-order chi connectivity index (χ1) is 29.8. The van der Waals surface area contributed by atoms with E-state index in [2.05, 4.69) is 0 Å². The molecule has 8 rings (SSSR count). The second-order valence-electron chi connectivity index (χ2n) is 10.2. The molecule has 0 heteroatoms. The van der Waals surface area contributed by atoms with Gasteiger partial charge in [0.2, 0.25) is 0 Å². The molecule has 8 aromatic rings. The Labute approximate surface area is 282 Å². The summed E-state index contributed by atoms with van der Waals surface area (Å²) in [5.41, 5.74) is -0.211. The number of aryl methyl sites for hydroxylation is 2. The highest BCUT2D eigenvalue weighted by Gasteiger charge is 2.19. The maximum Gasteiger partial charge on any atom is 0.0636 e. The molecule has 0 nitrogen and oxygen atoms in total. The number of hydrogen-bond acceptors (Lipinski definition) is 0. The van der Waals surface area contributed by atoms with Gasteiger partial charge in [-0.1, -0.05) is 139 Å². The van der Waals surface area contributed by atoms with Gasteiger partial charge in [0, 0.05) is 0 Å². The van der Waals surface area contributed by atoms with Crippen molar-refractivity contribution >= 4 is 43.1 Å². The lowest BCUT2D eigenvalue weighted by molar-refractivity contribution is 1.39. The number of fused-ring (bicyclic) bond motifs is 4. The smallest absolute Gasteiger partial charge is 0.0616 e. The van der Waals surface area contributed by atoms with Crippen molar-refractivity contribution in [1.82, 2.24) is 0 Å². The molecule has 0 unspecified atom stereocenters. The minimum Gasteiger partial charge on any atom is -0.0616 e. The third-order valence-corrected chi connectivity index (χ3v) is 7.51. The fourth-order valence-electron chi connectivity index (χ4n) is 5.76. The summed E-state index contributed by atoms with van der Waals surface area (Å²) in [5, 5.41) is -2.52. The van der Waals surface area contributed by atoms with Crippen LogP contribution >= 0.6 is 0 Å². The van der Waals surface area contributed by atoms with Crippen LogP contribution in [0.1, 0.15) is 45.5 Å². The summed E-state index contributed by atoms with van der Waals surface area (Å²) in [7, 11) is 0. The van der Waals surface area contributed by atoms with Crippen molar-refractivity contribution in [2.75, 3.05) is 0 Å². The summed E-state index contributed by atoms with van der Waals surface area (Å²) in [4.78, 5) is 0. The first-order valence-corrected chi connectivity index (χ1v) is 13.4. The van der Waals surface area contributed by atoms with E-state index in [0.717, 1.165) is 0 Å². The van der Waals surface area contributed by atoms with Gasteiger partial charge in [-0.15, -0.1) is 0 Å². The molecule has 204 valence electrons. The van der Waals surface area contributed by atoms with E-state index in [1.807, 2.05) is 0 Å². The van der Waals surface area contributed by atoms with E-state index in [4.69, 9.17) is 20.6 Å². The lowest BCUT2D eigenvalue weighted by atomic mass is 9.83. The maximum atomic E-state index is 9.48. The van der Waals surface area contributed by atoms with Gasteiger partial charge in [-0.05, 0) is 114 Å². The SMILES string of the molecule is [2H]c1c(-c2c3c([2H])c([2H])c([2H])c([2H])c3c(-c3cc(C)c(-c4c([2H])c([2H])c([2H])c5c([2H])c([2H])c([2H])c([2H])c45)c(C)c3)c3c([2H])c([2H])c([2H])c([2H])c23)c([2H])c2c([2H])c([2H])c(C)c([2H])c2c1[2H]. The van der Waals surface area contributed by atoms with Crippen LogP contribution in [-0.4, -0.2) is 0 Å². The van der Waals surface area contributed by atoms with Crippen LogP contribution in [0, 0.1) is 20.8 Å². The van der Waals surface area contributed by atoms with Gasteiger partial charge in [-0.3, -0.25) is 0 Å². The number of hydrogen-bond donors (Lipinski definition) is 0. The van der Waals surface area contributed by atoms with Crippen LogP contribution < -0.4 is 0 Å². The Morgan fingerprint density at radius 1 is 0.395 bits per heavy atom. The fraction of sp³-hybridized carbons (Fsp3) is 0.0698. The average Bonchev–Trinajstić information content (AvgIpc) is 3.25. The quantitative estimate of drug-likeness (QED) is 0.186. The molecule has 0 aliphatic rings. The minimum absolute atomic E-state index is 0.0164. The van der Waals surface area contributed by atoms with Crippen molar-refractivity contribution < 1.29 is 28.8 Å². The molecule has 0 radical (unpaired) electrons. The summed E-state index contributed by atoms with van der Waals surface area (Å²) in [6, 6.07) is -10.4. The van der Waals surface area contributed by atoms with Crippen molar-refractivity contribution in [2.24, 2.45) is 0 Å². The van der Waals surface area contributed by atoms with Gasteiger partial charge >= 0.3 is 0 Å². The third kappa shape index (κ3) is 4.14. The van der Waals surface area contributed by atoms with Gasteiger partial charge in [-0.2, -0.15) is 0 Å². The molecule has 0 heterocycles. The Morgan fingerprint density at radius 2 is 0.907 bits per heavy atom. The predicted molar refractivity (Wildman–Crippen MR) is 187 cm³/mol. The summed E-state index contributed by atoms with van der Waals surface area (Å²) in [6.07, 6.45) is 0. The van der Waals surface area contributed by atoms with Gasteiger partial charge < -0.3 is 0 Å². The maximum absolute atomic E-state index is 9.48. The van der Waals surface area contributed by atoms with Crippen LogP contribution in [0.2, 0.25) is 0 Å². The third-order valence-electron chi connectivity index (χ3n) is 7.51. The Balaban J connectivity index is 1.63. The highest BCUT2D eigenvalue weighted by Crippen LogP contribution is 2.45. The molecule has 0 amide bonds. The van der Waals surface area contributed by atoms with Crippen LogP contribution in [-0.2, 0) is 0 Å². The van der Waals surface area contributed by atoms with E-state index in [1.165, 1.54) is 19.1 Å². The number of benzene rings is 8. The molecule has 0 N–H and O–H groups in total. The minimum atomic E-state index is -0.778. The van der Waals surface area contributed by atoms with E-state index in [-0.39, 0.29) is 66.2 Å². The largest absolute Gasteiger partial charge is 0.0636 e.